The first kappa shape index (κ1) is 76.8. The Bertz CT molecular complexity index is 3750. The molecule has 1 heterocycles. The highest BCUT2D eigenvalue weighted by Gasteiger charge is 2.40. The largest absolute Gasteiger partial charge is 0.508 e. The van der Waals surface area contributed by atoms with Crippen molar-refractivity contribution in [1.29, 1.82) is 0 Å². The van der Waals surface area contributed by atoms with Gasteiger partial charge in [0.1, 0.15) is 66.2 Å². The molecule has 532 valence electrons. The van der Waals surface area contributed by atoms with Gasteiger partial charge >= 0.3 is 0 Å². The van der Waals surface area contributed by atoms with E-state index in [0.717, 1.165) is 16.3 Å². The quantitative estimate of drug-likeness (QED) is 0.0249. The monoisotopic (exact) mass is 1370 g/mol. The van der Waals surface area contributed by atoms with Gasteiger partial charge in [0.05, 0.1) is 6.61 Å². The van der Waals surface area contributed by atoms with Crippen molar-refractivity contribution in [2.45, 2.75) is 159 Å². The fourth-order valence-electron chi connectivity index (χ4n) is 11.9. The number of carbonyl (C=O) groups is 11. The van der Waals surface area contributed by atoms with Gasteiger partial charge in [-0.25, -0.2) is 0 Å². The molecule has 6 aromatic carbocycles. The van der Waals surface area contributed by atoms with E-state index in [0.29, 0.717) is 54.5 Å². The third-order valence-corrected chi connectivity index (χ3v) is 17.3. The maximum atomic E-state index is 15.0. The van der Waals surface area contributed by atoms with E-state index in [1.165, 1.54) is 43.0 Å². The molecule has 25 nitrogen and oxygen atoms in total. The first-order valence-corrected chi connectivity index (χ1v) is 33.9. The number of hydrogen-bond acceptors (Lipinski definition) is 14. The van der Waals surface area contributed by atoms with Crippen molar-refractivity contribution in [1.82, 2.24) is 58.1 Å². The normalized spacial score (nSPS) is 15.4. The fourth-order valence-corrected chi connectivity index (χ4v) is 11.9. The molecule has 1 saturated heterocycles. The van der Waals surface area contributed by atoms with E-state index in [9.17, 15) is 63.0 Å². The van der Waals surface area contributed by atoms with Crippen LogP contribution in [0.2, 0.25) is 0 Å². The van der Waals surface area contributed by atoms with Crippen LogP contribution in [0.5, 0.6) is 5.75 Å². The van der Waals surface area contributed by atoms with Gasteiger partial charge in [-0.1, -0.05) is 159 Å². The van der Waals surface area contributed by atoms with Gasteiger partial charge in [-0.15, -0.1) is 0 Å². The minimum Gasteiger partial charge on any atom is -0.508 e. The predicted octanol–water partition coefficient (Wildman–Crippen LogP) is 2.37. The van der Waals surface area contributed by atoms with Crippen LogP contribution in [-0.2, 0) is 84.8 Å². The Labute approximate surface area is 582 Å². The second-order valence-electron chi connectivity index (χ2n) is 25.7. The maximum absolute atomic E-state index is 15.0. The SMILES string of the molecule is CNCCCC[C@H](NC(=O)[C@H](Cc1ccc(O)cc1)NC(=O)[C@H](CO)NC(=O)[C@H](Cc1ccccc1)NC(=O)[C@H](Cc1ccccc1)NC(=O)[C@H](Cc1ccc2ccccc2c1)NC(C)=O)C(=O)N[C@@H](Cc1ccccc1)C(=O)N[C@@H](CC(C)C)C(=O)N1CCC[C@@H]1C(=O)N[C@@H](C)C(N)=O. The Kier molecular flexibility index (Phi) is 29.6. The first-order valence-electron chi connectivity index (χ1n) is 33.9. The zero-order chi connectivity index (χ0) is 72.3. The number of rotatable bonds is 37. The minimum atomic E-state index is -1.77. The van der Waals surface area contributed by atoms with Crippen molar-refractivity contribution >= 4 is 75.8 Å². The molecule has 10 atom stereocenters. The molecule has 0 spiro atoms. The van der Waals surface area contributed by atoms with Crippen LogP contribution in [0.1, 0.15) is 94.0 Å². The van der Waals surface area contributed by atoms with Crippen LogP contribution in [0, 0.1) is 5.92 Å². The Morgan fingerprint density at radius 2 is 0.870 bits per heavy atom. The summed E-state index contributed by atoms with van der Waals surface area (Å²) in [4.78, 5) is 157. The van der Waals surface area contributed by atoms with Crippen molar-refractivity contribution in [3.63, 3.8) is 0 Å². The number of nitrogens with zero attached hydrogens (tertiary/aromatic N) is 1. The van der Waals surface area contributed by atoms with Crippen molar-refractivity contribution in [2.24, 2.45) is 11.7 Å². The third kappa shape index (κ3) is 23.9. The molecule has 25 heteroatoms. The number of aliphatic hydroxyl groups excluding tert-OH is 1. The van der Waals surface area contributed by atoms with Crippen LogP contribution in [0.15, 0.2) is 158 Å². The summed E-state index contributed by atoms with van der Waals surface area (Å²) in [6, 6.07) is 32.3. The molecular weight excluding hydrogens is 1280 g/mol. The third-order valence-electron chi connectivity index (χ3n) is 17.3. The second kappa shape index (κ2) is 38.6. The van der Waals surface area contributed by atoms with Crippen LogP contribution < -0.4 is 58.9 Å². The van der Waals surface area contributed by atoms with Gasteiger partial charge in [0.25, 0.3) is 0 Å². The highest BCUT2D eigenvalue weighted by atomic mass is 16.3. The minimum absolute atomic E-state index is 0.0288. The summed E-state index contributed by atoms with van der Waals surface area (Å²) in [7, 11) is 1.75. The number of aliphatic hydroxyl groups is 1. The van der Waals surface area contributed by atoms with Crippen molar-refractivity contribution < 1.29 is 63.0 Å². The van der Waals surface area contributed by atoms with E-state index in [-0.39, 0.29) is 63.2 Å². The molecule has 7 rings (SSSR count). The van der Waals surface area contributed by atoms with E-state index in [1.54, 1.807) is 98.0 Å². The summed E-state index contributed by atoms with van der Waals surface area (Å²) in [5.41, 5.74) is 8.46. The van der Waals surface area contributed by atoms with Crippen LogP contribution >= 0.6 is 0 Å². The van der Waals surface area contributed by atoms with Crippen LogP contribution in [-0.4, -0.2) is 167 Å². The highest BCUT2D eigenvalue weighted by molar-refractivity contribution is 5.99. The van der Waals surface area contributed by atoms with Gasteiger partial charge in [0.15, 0.2) is 0 Å². The molecule has 0 bridgehead atoms. The summed E-state index contributed by atoms with van der Waals surface area (Å²) in [5, 5.41) is 50.7. The number of fused-ring (bicyclic) bond motifs is 1. The summed E-state index contributed by atoms with van der Waals surface area (Å²) in [6.07, 6.45) is 1.43. The Hall–Kier alpha value is -10.5. The molecule has 0 unspecified atom stereocenters. The van der Waals surface area contributed by atoms with Crippen molar-refractivity contribution in [2.75, 3.05) is 26.7 Å². The lowest BCUT2D eigenvalue weighted by Crippen LogP contribution is -2.61. The van der Waals surface area contributed by atoms with Crippen molar-refractivity contribution in [3.8, 4) is 5.75 Å². The summed E-state index contributed by atoms with van der Waals surface area (Å²) in [5.74, 6) is -8.48. The van der Waals surface area contributed by atoms with E-state index in [4.69, 9.17) is 5.73 Å². The van der Waals surface area contributed by atoms with E-state index < -0.39 is 132 Å². The number of likely N-dealkylation sites (tertiary alicyclic amines) is 1. The number of hydrogen-bond donors (Lipinski definition) is 13. The number of phenols is 1. The summed E-state index contributed by atoms with van der Waals surface area (Å²) >= 11 is 0. The summed E-state index contributed by atoms with van der Waals surface area (Å²) < 4.78 is 0. The number of amides is 11. The van der Waals surface area contributed by atoms with Crippen LogP contribution in [0.4, 0.5) is 0 Å². The number of aromatic hydroxyl groups is 1. The molecule has 14 N–H and O–H groups in total. The van der Waals surface area contributed by atoms with Crippen LogP contribution in [0.3, 0.4) is 0 Å². The molecule has 100 heavy (non-hydrogen) atoms. The topological polar surface area (TPSA) is 378 Å². The number of unbranched alkanes of at least 4 members (excludes halogenated alkanes) is 1. The van der Waals surface area contributed by atoms with E-state index in [1.807, 2.05) is 56.3 Å². The number of carbonyl (C=O) groups excluding carboxylic acids is 11. The Morgan fingerprint density at radius 3 is 1.33 bits per heavy atom. The van der Waals surface area contributed by atoms with E-state index in [2.05, 4.69) is 53.2 Å². The molecule has 0 aromatic heterocycles. The van der Waals surface area contributed by atoms with Gasteiger partial charge in [0.2, 0.25) is 65.0 Å². The second-order valence-corrected chi connectivity index (χ2v) is 25.7. The standard InChI is InChI=1S/C75H94N12O13/c1-46(2)38-63(75(100)87-37-19-29-65(87)74(99)78-47(3)66(76)91)85-71(96)60(41-50-22-11-7-12-23-50)81-67(92)57(28-17-18-36-77-5)80-69(94)62(43-52-31-34-56(90)35-32-52)84-73(98)64(45-88)86-72(97)61(42-51-24-13-8-14-25-51)83-70(95)59(40-49-20-9-6-10-21-49)82-68(93)58(79-48(4)89)44-53-30-33-54-26-15-16-27-55(54)39-53/h6-16,20-27,30-35,39,46-47,57-65,77,88,90H,17-19,28-29,36-38,40-45H2,1-5H3,(H2,76,91)(H,78,99)(H,79,89)(H,80,94)(H,81,92)(H,82,93)(H,83,95)(H,84,98)(H,85,96)(H,86,97)/t47-,57-,58-,59-,60-,61-,62-,63-,64-,65+/m0/s1. The van der Waals surface area contributed by atoms with Crippen LogP contribution in [0.25, 0.3) is 10.8 Å². The average Bonchev–Trinajstić information content (AvgIpc) is 1.88. The average molecular weight is 1370 g/mol. The zero-order valence-electron chi connectivity index (χ0n) is 57.2. The van der Waals surface area contributed by atoms with Gasteiger partial charge < -0.3 is 74.0 Å². The lowest BCUT2D eigenvalue weighted by atomic mass is 9.99. The highest BCUT2D eigenvalue weighted by Crippen LogP contribution is 2.23. The molecule has 1 aliphatic heterocycles. The molecule has 11 amide bonds. The lowest BCUT2D eigenvalue weighted by molar-refractivity contribution is -0.142. The number of primary amides is 1. The number of nitrogens with one attached hydrogen (secondary N) is 10. The Balaban J connectivity index is 1.12. The maximum Gasteiger partial charge on any atom is 0.245 e. The molecule has 1 fully saturated rings. The van der Waals surface area contributed by atoms with Gasteiger partial charge in [-0.05, 0) is 116 Å². The predicted molar refractivity (Wildman–Crippen MR) is 377 cm³/mol. The van der Waals surface area contributed by atoms with Gasteiger partial charge in [0, 0.05) is 45.6 Å². The molecule has 0 radical (unpaired) electrons. The molecule has 6 aromatic rings. The number of benzene rings is 6. The zero-order valence-corrected chi connectivity index (χ0v) is 57.2. The van der Waals surface area contributed by atoms with E-state index >= 15 is 0 Å². The summed E-state index contributed by atoms with van der Waals surface area (Å²) in [6.45, 7) is 6.15. The molecule has 0 saturated carbocycles. The smallest absolute Gasteiger partial charge is 0.245 e. The first-order chi connectivity index (χ1) is 48.0. The molecular formula is C75H94N12O13. The Morgan fingerprint density at radius 1 is 0.470 bits per heavy atom. The molecule has 0 aliphatic carbocycles. The molecule has 1 aliphatic rings. The number of phenolic OH excluding ortho intramolecular Hbond substituents is 1. The lowest BCUT2D eigenvalue weighted by Gasteiger charge is -2.31. The van der Waals surface area contributed by atoms with Crippen molar-refractivity contribution in [3.05, 3.63) is 186 Å². The number of nitrogens with two attached hydrogens (primary N) is 1. The van der Waals surface area contributed by atoms with Gasteiger partial charge in [-0.2, -0.15) is 0 Å². The fraction of sp³-hybridized carbons (Fsp3) is 0.400. The van der Waals surface area contributed by atoms with Gasteiger partial charge in [-0.3, -0.25) is 52.7 Å².